The lowest BCUT2D eigenvalue weighted by Crippen LogP contribution is -2.21. The highest BCUT2D eigenvalue weighted by molar-refractivity contribution is 5.98. The van der Waals surface area contributed by atoms with Crippen LogP contribution in [0.15, 0.2) is 66.9 Å². The first-order valence-corrected chi connectivity index (χ1v) is 8.84. The van der Waals surface area contributed by atoms with Crippen molar-refractivity contribution in [2.75, 3.05) is 17.2 Å². The largest absolute Gasteiger partial charge is 0.452 e. The Kier molecular flexibility index (Phi) is 6.49. The number of hydrogen-bond donors (Lipinski definition) is 2. The summed E-state index contributed by atoms with van der Waals surface area (Å²) < 4.78 is 56.8. The molecular weight excluding hydrogens is 418 g/mol. The third kappa shape index (κ3) is 6.01. The minimum absolute atomic E-state index is 0.0441. The molecule has 6 nitrogen and oxygen atoms in total. The van der Waals surface area contributed by atoms with Crippen LogP contribution in [0.1, 0.15) is 15.9 Å². The molecule has 160 valence electrons. The van der Waals surface area contributed by atoms with Gasteiger partial charge in [-0.3, -0.25) is 4.79 Å². The van der Waals surface area contributed by atoms with Crippen LogP contribution in [0, 0.1) is 5.82 Å². The van der Waals surface area contributed by atoms with Crippen LogP contribution < -0.4 is 10.6 Å². The normalized spacial score (nSPS) is 11.0. The van der Waals surface area contributed by atoms with Gasteiger partial charge in [-0.1, -0.05) is 12.1 Å². The molecular formula is C21H15F4N3O3. The van der Waals surface area contributed by atoms with Crippen molar-refractivity contribution in [2.24, 2.45) is 0 Å². The highest BCUT2D eigenvalue weighted by Gasteiger charge is 2.30. The fraction of sp³-hybridized carbons (Fsp3) is 0.0952. The number of ether oxygens (including phenoxy) is 1. The monoisotopic (exact) mass is 433 g/mol. The summed E-state index contributed by atoms with van der Waals surface area (Å²) in [6.07, 6.45) is -3.19. The molecule has 0 fully saturated rings. The second kappa shape index (κ2) is 9.24. The van der Waals surface area contributed by atoms with Crippen LogP contribution in [-0.2, 0) is 15.7 Å². The van der Waals surface area contributed by atoms with Crippen molar-refractivity contribution in [1.82, 2.24) is 4.98 Å². The van der Waals surface area contributed by atoms with Gasteiger partial charge in [0.05, 0.1) is 5.56 Å². The summed E-state index contributed by atoms with van der Waals surface area (Å²) in [5.74, 6) is -2.21. The van der Waals surface area contributed by atoms with Gasteiger partial charge in [-0.2, -0.15) is 13.2 Å². The highest BCUT2D eigenvalue weighted by atomic mass is 19.4. The van der Waals surface area contributed by atoms with Crippen LogP contribution in [0.25, 0.3) is 0 Å². The number of aromatic nitrogens is 1. The zero-order chi connectivity index (χ0) is 22.4. The summed E-state index contributed by atoms with van der Waals surface area (Å²) >= 11 is 0. The maximum atomic E-state index is 13.2. The number of nitrogens with zero attached hydrogens (tertiary/aromatic N) is 1. The number of carbonyl (C=O) groups is 2. The number of amides is 1. The van der Waals surface area contributed by atoms with Crippen molar-refractivity contribution < 1.29 is 31.9 Å². The van der Waals surface area contributed by atoms with Crippen LogP contribution in [0.5, 0.6) is 0 Å². The van der Waals surface area contributed by atoms with Crippen LogP contribution in [0.2, 0.25) is 0 Å². The van der Waals surface area contributed by atoms with E-state index in [-0.39, 0.29) is 22.8 Å². The third-order valence-corrected chi connectivity index (χ3v) is 3.92. The molecule has 1 amide bonds. The summed E-state index contributed by atoms with van der Waals surface area (Å²) in [5, 5.41) is 5.02. The average Bonchev–Trinajstić information content (AvgIpc) is 2.72. The van der Waals surface area contributed by atoms with E-state index in [1.54, 1.807) is 0 Å². The first-order chi connectivity index (χ1) is 14.7. The van der Waals surface area contributed by atoms with Crippen molar-refractivity contribution in [2.45, 2.75) is 6.18 Å². The lowest BCUT2D eigenvalue weighted by Gasteiger charge is -2.13. The minimum atomic E-state index is -4.53. The number of esters is 1. The number of hydrogen-bond acceptors (Lipinski definition) is 5. The summed E-state index contributed by atoms with van der Waals surface area (Å²) in [6.45, 7) is -0.659. The number of halogens is 4. The molecule has 0 spiro atoms. The molecule has 0 bridgehead atoms. The topological polar surface area (TPSA) is 80.3 Å². The van der Waals surface area contributed by atoms with E-state index in [0.29, 0.717) is 0 Å². The summed E-state index contributed by atoms with van der Waals surface area (Å²) in [7, 11) is 0. The number of pyridine rings is 1. The van der Waals surface area contributed by atoms with Gasteiger partial charge in [-0.15, -0.1) is 0 Å². The van der Waals surface area contributed by atoms with E-state index in [2.05, 4.69) is 15.6 Å². The second-order valence-electron chi connectivity index (χ2n) is 6.24. The molecule has 0 aliphatic rings. The second-order valence-corrected chi connectivity index (χ2v) is 6.24. The SMILES string of the molecule is O=C(COC(=O)c1cccnc1Nc1cccc(C(F)(F)F)c1)Nc1cccc(F)c1. The van der Waals surface area contributed by atoms with Gasteiger partial charge in [0.2, 0.25) is 0 Å². The molecule has 2 N–H and O–H groups in total. The van der Waals surface area contributed by atoms with Crippen molar-refractivity contribution in [1.29, 1.82) is 0 Å². The predicted molar refractivity (Wildman–Crippen MR) is 104 cm³/mol. The molecule has 0 saturated carbocycles. The van der Waals surface area contributed by atoms with E-state index in [0.717, 1.165) is 18.2 Å². The fourth-order valence-electron chi connectivity index (χ4n) is 2.55. The first-order valence-electron chi connectivity index (χ1n) is 8.84. The van der Waals surface area contributed by atoms with E-state index in [9.17, 15) is 27.2 Å². The van der Waals surface area contributed by atoms with Gasteiger partial charge in [0, 0.05) is 17.6 Å². The van der Waals surface area contributed by atoms with Gasteiger partial charge in [0.15, 0.2) is 6.61 Å². The fourth-order valence-corrected chi connectivity index (χ4v) is 2.55. The molecule has 0 aliphatic heterocycles. The molecule has 3 aromatic rings. The van der Waals surface area contributed by atoms with Gasteiger partial charge >= 0.3 is 12.1 Å². The van der Waals surface area contributed by atoms with Crippen LogP contribution in [-0.4, -0.2) is 23.5 Å². The van der Waals surface area contributed by atoms with E-state index in [4.69, 9.17) is 4.74 Å². The maximum Gasteiger partial charge on any atom is 0.416 e. The zero-order valence-electron chi connectivity index (χ0n) is 15.7. The molecule has 0 radical (unpaired) electrons. The van der Waals surface area contributed by atoms with E-state index >= 15 is 0 Å². The molecule has 1 aromatic heterocycles. The summed E-state index contributed by atoms with van der Waals surface area (Å²) in [4.78, 5) is 28.2. The van der Waals surface area contributed by atoms with Crippen molar-refractivity contribution in [3.8, 4) is 0 Å². The molecule has 3 rings (SSSR count). The van der Waals surface area contributed by atoms with Crippen molar-refractivity contribution in [3.05, 3.63) is 83.8 Å². The Bertz CT molecular complexity index is 1100. The number of anilines is 3. The molecule has 0 atom stereocenters. The van der Waals surface area contributed by atoms with Crippen molar-refractivity contribution in [3.63, 3.8) is 0 Å². The molecule has 1 heterocycles. The van der Waals surface area contributed by atoms with Gasteiger partial charge in [0.1, 0.15) is 17.2 Å². The Morgan fingerprint density at radius 1 is 0.968 bits per heavy atom. The Balaban J connectivity index is 1.67. The summed E-state index contributed by atoms with van der Waals surface area (Å²) in [6, 6.07) is 12.3. The number of alkyl halides is 3. The van der Waals surface area contributed by atoms with Gasteiger partial charge in [-0.25, -0.2) is 14.2 Å². The molecule has 0 saturated heterocycles. The van der Waals surface area contributed by atoms with Crippen molar-refractivity contribution >= 4 is 29.1 Å². The number of carbonyl (C=O) groups excluding carboxylic acids is 2. The molecule has 0 unspecified atom stereocenters. The van der Waals surface area contributed by atoms with Gasteiger partial charge in [-0.05, 0) is 48.5 Å². The number of nitrogens with one attached hydrogen (secondary N) is 2. The number of rotatable bonds is 6. The molecule has 31 heavy (non-hydrogen) atoms. The lowest BCUT2D eigenvalue weighted by atomic mass is 10.2. The maximum absolute atomic E-state index is 13.2. The highest BCUT2D eigenvalue weighted by Crippen LogP contribution is 2.31. The van der Waals surface area contributed by atoms with E-state index < -0.39 is 36.0 Å². The Morgan fingerprint density at radius 3 is 2.45 bits per heavy atom. The molecule has 2 aromatic carbocycles. The van der Waals surface area contributed by atoms with Gasteiger partial charge < -0.3 is 15.4 Å². The number of benzene rings is 2. The first kappa shape index (κ1) is 21.8. The molecule has 10 heteroatoms. The standard InChI is InChI=1S/C21H15F4N3O3/c22-14-5-2-7-16(11-14)27-18(29)12-31-20(30)17-8-3-9-26-19(17)28-15-6-1-4-13(10-15)21(23,24)25/h1-11H,12H2,(H,26,28)(H,27,29). The predicted octanol–water partition coefficient (Wildman–Crippen LogP) is 4.78. The third-order valence-electron chi connectivity index (χ3n) is 3.92. The zero-order valence-corrected chi connectivity index (χ0v) is 15.7. The Morgan fingerprint density at radius 2 is 1.71 bits per heavy atom. The van der Waals surface area contributed by atoms with E-state index in [1.165, 1.54) is 48.7 Å². The smallest absolute Gasteiger partial charge is 0.416 e. The summed E-state index contributed by atoms with van der Waals surface area (Å²) in [5.41, 5.74) is -0.703. The van der Waals surface area contributed by atoms with Crippen LogP contribution in [0.4, 0.5) is 34.8 Å². The van der Waals surface area contributed by atoms with Crippen LogP contribution in [0.3, 0.4) is 0 Å². The lowest BCUT2D eigenvalue weighted by molar-refractivity contribution is -0.137. The molecule has 0 aliphatic carbocycles. The van der Waals surface area contributed by atoms with Gasteiger partial charge in [0.25, 0.3) is 5.91 Å². The van der Waals surface area contributed by atoms with E-state index in [1.807, 2.05) is 0 Å². The quantitative estimate of drug-likeness (QED) is 0.432. The Labute approximate surface area is 173 Å². The van der Waals surface area contributed by atoms with Crippen LogP contribution >= 0.6 is 0 Å². The minimum Gasteiger partial charge on any atom is -0.452 e. The Hall–Kier alpha value is -3.95. The average molecular weight is 433 g/mol.